The van der Waals surface area contributed by atoms with Crippen molar-refractivity contribution >= 4 is 29.9 Å². The summed E-state index contributed by atoms with van der Waals surface area (Å²) >= 11 is 0. The van der Waals surface area contributed by atoms with E-state index in [-0.39, 0.29) is 24.0 Å². The van der Waals surface area contributed by atoms with E-state index in [1.54, 1.807) is 0 Å². The molecular formula is C18H36IN5. The number of rotatable bonds is 5. The van der Waals surface area contributed by atoms with E-state index in [2.05, 4.69) is 34.4 Å². The Morgan fingerprint density at radius 2 is 1.88 bits per heavy atom. The van der Waals surface area contributed by atoms with E-state index >= 15 is 0 Å². The number of hydrogen-bond donors (Lipinski definition) is 2. The van der Waals surface area contributed by atoms with Gasteiger partial charge < -0.3 is 15.5 Å². The average molecular weight is 449 g/mol. The van der Waals surface area contributed by atoms with Crippen LogP contribution in [0.2, 0.25) is 0 Å². The molecule has 24 heavy (non-hydrogen) atoms. The normalized spacial score (nSPS) is 29.8. The van der Waals surface area contributed by atoms with Crippen molar-refractivity contribution in [1.29, 1.82) is 0 Å². The third kappa shape index (κ3) is 5.46. The van der Waals surface area contributed by atoms with Crippen LogP contribution in [0.25, 0.3) is 0 Å². The van der Waals surface area contributed by atoms with Gasteiger partial charge in [0.2, 0.25) is 0 Å². The first-order chi connectivity index (χ1) is 11.3. The summed E-state index contributed by atoms with van der Waals surface area (Å²) in [5.41, 5.74) is 0. The smallest absolute Gasteiger partial charge is 0.191 e. The van der Waals surface area contributed by atoms with Crippen LogP contribution >= 0.6 is 24.0 Å². The third-order valence-electron chi connectivity index (χ3n) is 5.88. The molecule has 0 bridgehead atoms. The van der Waals surface area contributed by atoms with Crippen LogP contribution in [-0.4, -0.2) is 73.7 Å². The lowest BCUT2D eigenvalue weighted by molar-refractivity contribution is 0.242. The minimum Gasteiger partial charge on any atom is -0.357 e. The van der Waals surface area contributed by atoms with E-state index in [4.69, 9.17) is 4.99 Å². The van der Waals surface area contributed by atoms with Gasteiger partial charge >= 0.3 is 0 Å². The number of likely N-dealkylation sites (N-methyl/N-ethyl adjacent to an activating group) is 1. The first-order valence-corrected chi connectivity index (χ1v) is 9.75. The zero-order valence-electron chi connectivity index (χ0n) is 15.5. The van der Waals surface area contributed by atoms with Gasteiger partial charge in [0.25, 0.3) is 0 Å². The number of nitrogens with zero attached hydrogens (tertiary/aromatic N) is 3. The highest BCUT2D eigenvalue weighted by molar-refractivity contribution is 14.0. The Bertz CT molecular complexity index is 397. The summed E-state index contributed by atoms with van der Waals surface area (Å²) in [7, 11) is 2.23. The Morgan fingerprint density at radius 1 is 1.08 bits per heavy atom. The molecule has 2 N–H and O–H groups in total. The fraction of sp³-hybridized carbons (Fsp3) is 0.944. The molecule has 0 aromatic carbocycles. The molecule has 2 saturated heterocycles. The molecule has 3 rings (SSSR count). The Morgan fingerprint density at radius 3 is 2.54 bits per heavy atom. The minimum absolute atomic E-state index is 0. The van der Waals surface area contributed by atoms with Crippen LogP contribution in [-0.2, 0) is 0 Å². The fourth-order valence-corrected chi connectivity index (χ4v) is 4.43. The number of likely N-dealkylation sites (tertiary alicyclic amines) is 2. The standard InChI is InChI=1S/C18H35N5.HI/c1-3-19-18(20-13-17-9-6-11-22(17)2)21-15-10-12-23(14-15)16-7-4-5-8-16;/h15-17H,3-14H2,1-2H3,(H2,19,20,21);1H. The quantitative estimate of drug-likeness (QED) is 0.384. The van der Waals surface area contributed by atoms with Crippen molar-refractivity contribution < 1.29 is 0 Å². The second kappa shape index (κ2) is 10.2. The average Bonchev–Trinajstić information content (AvgIpc) is 3.26. The molecule has 2 atom stereocenters. The van der Waals surface area contributed by atoms with Gasteiger partial charge in [-0.3, -0.25) is 9.89 Å². The Hall–Kier alpha value is -0.0800. The van der Waals surface area contributed by atoms with E-state index in [0.29, 0.717) is 12.1 Å². The van der Waals surface area contributed by atoms with Crippen molar-refractivity contribution in [2.24, 2.45) is 4.99 Å². The minimum atomic E-state index is 0. The van der Waals surface area contributed by atoms with Crippen molar-refractivity contribution in [3.05, 3.63) is 0 Å². The van der Waals surface area contributed by atoms with Crippen LogP contribution in [0.5, 0.6) is 0 Å². The number of nitrogens with one attached hydrogen (secondary N) is 2. The molecule has 5 nitrogen and oxygen atoms in total. The van der Waals surface area contributed by atoms with Crippen LogP contribution in [0.15, 0.2) is 4.99 Å². The molecule has 0 spiro atoms. The molecule has 1 saturated carbocycles. The monoisotopic (exact) mass is 449 g/mol. The molecule has 0 radical (unpaired) electrons. The third-order valence-corrected chi connectivity index (χ3v) is 5.88. The molecule has 2 unspecified atom stereocenters. The second-order valence-electron chi connectivity index (χ2n) is 7.56. The first kappa shape index (κ1) is 20.2. The van der Waals surface area contributed by atoms with Crippen molar-refractivity contribution in [2.75, 3.05) is 39.8 Å². The maximum atomic E-state index is 4.87. The lowest BCUT2D eigenvalue weighted by atomic mass is 10.2. The Balaban J connectivity index is 0.00000208. The SMILES string of the molecule is CCNC(=NCC1CCCN1C)NC1CCN(C2CCCC2)C1.I. The highest BCUT2D eigenvalue weighted by Gasteiger charge is 2.30. The van der Waals surface area contributed by atoms with Crippen LogP contribution < -0.4 is 10.6 Å². The zero-order chi connectivity index (χ0) is 16.1. The van der Waals surface area contributed by atoms with E-state index in [1.807, 2.05) is 0 Å². The van der Waals surface area contributed by atoms with Crippen molar-refractivity contribution in [2.45, 2.75) is 70.0 Å². The molecule has 3 fully saturated rings. The van der Waals surface area contributed by atoms with Gasteiger partial charge in [0.05, 0.1) is 6.54 Å². The van der Waals surface area contributed by atoms with E-state index < -0.39 is 0 Å². The highest BCUT2D eigenvalue weighted by Crippen LogP contribution is 2.26. The Kier molecular flexibility index (Phi) is 8.57. The van der Waals surface area contributed by atoms with Gasteiger partial charge in [-0.25, -0.2) is 0 Å². The lowest BCUT2D eigenvalue weighted by Gasteiger charge is -2.24. The molecule has 2 aliphatic heterocycles. The van der Waals surface area contributed by atoms with E-state index in [9.17, 15) is 0 Å². The summed E-state index contributed by atoms with van der Waals surface area (Å²) in [6, 6.07) is 2.05. The van der Waals surface area contributed by atoms with E-state index in [0.717, 1.165) is 25.1 Å². The van der Waals surface area contributed by atoms with Crippen molar-refractivity contribution in [3.8, 4) is 0 Å². The van der Waals surface area contributed by atoms with Gasteiger partial charge in [-0.2, -0.15) is 0 Å². The van der Waals surface area contributed by atoms with Gasteiger partial charge in [0, 0.05) is 37.8 Å². The van der Waals surface area contributed by atoms with Crippen LogP contribution in [0.3, 0.4) is 0 Å². The van der Waals surface area contributed by atoms with Crippen molar-refractivity contribution in [3.63, 3.8) is 0 Å². The Labute approximate surface area is 165 Å². The summed E-state index contributed by atoms with van der Waals surface area (Å²) in [6.45, 7) is 7.68. The fourth-order valence-electron chi connectivity index (χ4n) is 4.43. The van der Waals surface area contributed by atoms with Crippen LogP contribution in [0.1, 0.15) is 51.9 Å². The second-order valence-corrected chi connectivity index (χ2v) is 7.56. The van der Waals surface area contributed by atoms with Crippen LogP contribution in [0.4, 0.5) is 0 Å². The lowest BCUT2D eigenvalue weighted by Crippen LogP contribution is -2.45. The largest absolute Gasteiger partial charge is 0.357 e. The number of halogens is 1. The van der Waals surface area contributed by atoms with Gasteiger partial charge in [0.1, 0.15) is 0 Å². The predicted molar refractivity (Wildman–Crippen MR) is 112 cm³/mol. The summed E-state index contributed by atoms with van der Waals surface area (Å²) in [6.07, 6.45) is 9.54. The molecular weight excluding hydrogens is 413 g/mol. The summed E-state index contributed by atoms with van der Waals surface area (Å²) < 4.78 is 0. The van der Waals surface area contributed by atoms with Gasteiger partial charge in [-0.1, -0.05) is 12.8 Å². The summed E-state index contributed by atoms with van der Waals surface area (Å²) in [5, 5.41) is 7.12. The molecule has 1 aliphatic carbocycles. The summed E-state index contributed by atoms with van der Waals surface area (Å²) in [5.74, 6) is 1.02. The van der Waals surface area contributed by atoms with Crippen LogP contribution in [0, 0.1) is 0 Å². The van der Waals surface area contributed by atoms with E-state index in [1.165, 1.54) is 64.6 Å². The predicted octanol–water partition coefficient (Wildman–Crippen LogP) is 2.27. The van der Waals surface area contributed by atoms with Gasteiger partial charge in [0.15, 0.2) is 5.96 Å². The molecule has 0 amide bonds. The van der Waals surface area contributed by atoms with Gasteiger partial charge in [-0.15, -0.1) is 24.0 Å². The molecule has 0 aromatic rings. The molecule has 6 heteroatoms. The molecule has 0 aromatic heterocycles. The molecule has 2 heterocycles. The topological polar surface area (TPSA) is 42.9 Å². The van der Waals surface area contributed by atoms with Gasteiger partial charge in [-0.05, 0) is 52.6 Å². The maximum Gasteiger partial charge on any atom is 0.191 e. The summed E-state index contributed by atoms with van der Waals surface area (Å²) in [4.78, 5) is 10.0. The number of hydrogen-bond acceptors (Lipinski definition) is 3. The number of aliphatic imine (C=N–C) groups is 1. The number of guanidine groups is 1. The first-order valence-electron chi connectivity index (χ1n) is 9.75. The zero-order valence-corrected chi connectivity index (χ0v) is 17.8. The highest BCUT2D eigenvalue weighted by atomic mass is 127. The maximum absolute atomic E-state index is 4.87. The van der Waals surface area contributed by atoms with Crippen molar-refractivity contribution in [1.82, 2.24) is 20.4 Å². The molecule has 140 valence electrons. The molecule has 3 aliphatic rings.